The van der Waals surface area contributed by atoms with Crippen molar-refractivity contribution in [3.05, 3.63) is 29.8 Å². The predicted octanol–water partition coefficient (Wildman–Crippen LogP) is 2.83. The van der Waals surface area contributed by atoms with E-state index in [0.717, 1.165) is 24.9 Å². The fourth-order valence-corrected chi connectivity index (χ4v) is 2.53. The van der Waals surface area contributed by atoms with E-state index < -0.39 is 0 Å². The van der Waals surface area contributed by atoms with Crippen LogP contribution in [-0.4, -0.2) is 37.7 Å². The van der Waals surface area contributed by atoms with E-state index in [1.807, 2.05) is 13.0 Å². The van der Waals surface area contributed by atoms with Crippen LogP contribution in [0.5, 0.6) is 5.75 Å². The molecular weight excluding hydrogens is 236 g/mol. The van der Waals surface area contributed by atoms with E-state index in [0.29, 0.717) is 12.6 Å². The van der Waals surface area contributed by atoms with Gasteiger partial charge in [0.1, 0.15) is 5.75 Å². The zero-order valence-electron chi connectivity index (χ0n) is 12.4. The average molecular weight is 262 g/mol. The highest BCUT2D eigenvalue weighted by molar-refractivity contribution is 5.36. The summed E-state index contributed by atoms with van der Waals surface area (Å²) in [6, 6.07) is 9.53. The predicted molar refractivity (Wildman–Crippen MR) is 79.7 cm³/mol. The summed E-state index contributed by atoms with van der Waals surface area (Å²) in [5.74, 6) is 1.01. The molecule has 1 aromatic rings. The first-order chi connectivity index (χ1) is 9.26. The van der Waals surface area contributed by atoms with Crippen LogP contribution >= 0.6 is 0 Å². The molecule has 0 amide bonds. The molecule has 2 rings (SSSR count). The summed E-state index contributed by atoms with van der Waals surface area (Å²) >= 11 is 0. The lowest BCUT2D eigenvalue weighted by molar-refractivity contribution is 0.275. The lowest BCUT2D eigenvalue weighted by Crippen LogP contribution is -2.34. The normalized spacial score (nSPS) is 16.6. The van der Waals surface area contributed by atoms with Gasteiger partial charge in [-0.2, -0.15) is 0 Å². The van der Waals surface area contributed by atoms with Gasteiger partial charge in [-0.05, 0) is 39.4 Å². The van der Waals surface area contributed by atoms with E-state index in [9.17, 15) is 0 Å². The lowest BCUT2D eigenvalue weighted by Gasteiger charge is -2.26. The van der Waals surface area contributed by atoms with E-state index in [4.69, 9.17) is 4.74 Å². The third kappa shape index (κ3) is 3.95. The molecule has 3 nitrogen and oxygen atoms in total. The fourth-order valence-electron chi connectivity index (χ4n) is 2.53. The highest BCUT2D eigenvalue weighted by Gasteiger charge is 2.28. The number of hydrogen-bond donors (Lipinski definition) is 1. The van der Waals surface area contributed by atoms with Gasteiger partial charge < -0.3 is 15.0 Å². The fraction of sp³-hybridized carbons (Fsp3) is 0.625. The molecule has 1 unspecified atom stereocenters. The first kappa shape index (κ1) is 14.4. The lowest BCUT2D eigenvalue weighted by atomic mass is 10.0. The molecule has 0 bridgehead atoms. The summed E-state index contributed by atoms with van der Waals surface area (Å²) in [4.78, 5) is 2.47. The molecule has 0 spiro atoms. The Labute approximate surface area is 116 Å². The standard InChI is InChI=1S/C16H26N2O/c1-4-17-15(12-18(3)13-10-11-13)14-8-6-7-9-16(14)19-5-2/h6-9,13,15,17H,4-5,10-12H2,1-3H3. The molecule has 0 heterocycles. The molecule has 1 N–H and O–H groups in total. The molecule has 1 aliphatic rings. The molecule has 1 aliphatic carbocycles. The van der Waals surface area contributed by atoms with Crippen LogP contribution in [0.25, 0.3) is 0 Å². The highest BCUT2D eigenvalue weighted by Crippen LogP contribution is 2.30. The molecule has 106 valence electrons. The Morgan fingerprint density at radius 2 is 2.05 bits per heavy atom. The number of nitrogens with zero attached hydrogens (tertiary/aromatic N) is 1. The van der Waals surface area contributed by atoms with Crippen LogP contribution in [0.15, 0.2) is 24.3 Å². The van der Waals surface area contributed by atoms with Crippen molar-refractivity contribution in [3.63, 3.8) is 0 Å². The first-order valence-electron chi connectivity index (χ1n) is 7.41. The van der Waals surface area contributed by atoms with Gasteiger partial charge in [-0.1, -0.05) is 25.1 Å². The van der Waals surface area contributed by atoms with Crippen LogP contribution in [-0.2, 0) is 0 Å². The topological polar surface area (TPSA) is 24.5 Å². The smallest absolute Gasteiger partial charge is 0.124 e. The second-order valence-electron chi connectivity index (χ2n) is 5.25. The zero-order chi connectivity index (χ0) is 13.7. The van der Waals surface area contributed by atoms with Crippen LogP contribution in [0.4, 0.5) is 0 Å². The summed E-state index contributed by atoms with van der Waals surface area (Å²) < 4.78 is 5.76. The largest absolute Gasteiger partial charge is 0.494 e. The van der Waals surface area contributed by atoms with Gasteiger partial charge in [0.05, 0.1) is 6.61 Å². The van der Waals surface area contributed by atoms with Gasteiger partial charge in [0.2, 0.25) is 0 Å². The SMILES string of the molecule is CCNC(CN(C)C1CC1)c1ccccc1OCC. The Morgan fingerprint density at radius 1 is 1.32 bits per heavy atom. The van der Waals surface area contributed by atoms with Crippen molar-refractivity contribution in [1.82, 2.24) is 10.2 Å². The van der Waals surface area contributed by atoms with Crippen molar-refractivity contribution in [3.8, 4) is 5.75 Å². The number of para-hydroxylation sites is 1. The maximum Gasteiger partial charge on any atom is 0.124 e. The molecule has 0 saturated heterocycles. The van der Waals surface area contributed by atoms with Gasteiger partial charge in [-0.3, -0.25) is 0 Å². The average Bonchev–Trinajstić information content (AvgIpc) is 3.23. The molecule has 1 atom stereocenters. The van der Waals surface area contributed by atoms with Crippen molar-refractivity contribution < 1.29 is 4.74 Å². The molecule has 0 aromatic heterocycles. The van der Waals surface area contributed by atoms with Crippen molar-refractivity contribution >= 4 is 0 Å². The van der Waals surface area contributed by atoms with Crippen LogP contribution in [0.2, 0.25) is 0 Å². The number of likely N-dealkylation sites (N-methyl/N-ethyl adjacent to an activating group) is 2. The Morgan fingerprint density at radius 3 is 2.68 bits per heavy atom. The van der Waals surface area contributed by atoms with Crippen LogP contribution in [0.3, 0.4) is 0 Å². The molecule has 1 fully saturated rings. The van der Waals surface area contributed by atoms with Crippen LogP contribution in [0.1, 0.15) is 38.3 Å². The first-order valence-corrected chi connectivity index (χ1v) is 7.41. The number of rotatable bonds is 8. The van der Waals surface area contributed by atoms with Gasteiger partial charge in [0, 0.05) is 24.2 Å². The summed E-state index contributed by atoms with van der Waals surface area (Å²) in [5, 5.41) is 3.59. The van der Waals surface area contributed by atoms with Gasteiger partial charge in [-0.15, -0.1) is 0 Å². The minimum Gasteiger partial charge on any atom is -0.494 e. The molecule has 0 aliphatic heterocycles. The van der Waals surface area contributed by atoms with Crippen molar-refractivity contribution in [2.45, 2.75) is 38.8 Å². The number of nitrogens with one attached hydrogen (secondary N) is 1. The van der Waals surface area contributed by atoms with Gasteiger partial charge >= 0.3 is 0 Å². The van der Waals surface area contributed by atoms with Crippen LogP contribution in [0, 0.1) is 0 Å². The summed E-state index contributed by atoms with van der Waals surface area (Å²) in [7, 11) is 2.23. The molecular formula is C16H26N2O. The Hall–Kier alpha value is -1.06. The van der Waals surface area contributed by atoms with Gasteiger partial charge in [0.25, 0.3) is 0 Å². The number of hydrogen-bond acceptors (Lipinski definition) is 3. The third-order valence-corrected chi connectivity index (χ3v) is 3.69. The number of ether oxygens (including phenoxy) is 1. The molecule has 1 saturated carbocycles. The Balaban J connectivity index is 2.12. The van der Waals surface area contributed by atoms with Crippen molar-refractivity contribution in [2.24, 2.45) is 0 Å². The zero-order valence-corrected chi connectivity index (χ0v) is 12.4. The monoisotopic (exact) mass is 262 g/mol. The molecule has 1 aromatic carbocycles. The quantitative estimate of drug-likeness (QED) is 0.779. The maximum atomic E-state index is 5.76. The van der Waals surface area contributed by atoms with E-state index in [1.54, 1.807) is 0 Å². The molecule has 0 radical (unpaired) electrons. The minimum absolute atomic E-state index is 0.346. The summed E-state index contributed by atoms with van der Waals surface area (Å²) in [5.41, 5.74) is 1.28. The third-order valence-electron chi connectivity index (χ3n) is 3.69. The van der Waals surface area contributed by atoms with E-state index in [-0.39, 0.29) is 0 Å². The van der Waals surface area contributed by atoms with E-state index in [1.165, 1.54) is 18.4 Å². The van der Waals surface area contributed by atoms with Crippen LogP contribution < -0.4 is 10.1 Å². The van der Waals surface area contributed by atoms with E-state index >= 15 is 0 Å². The van der Waals surface area contributed by atoms with Crippen molar-refractivity contribution in [1.29, 1.82) is 0 Å². The Kier molecular flexibility index (Phi) is 5.23. The Bertz CT molecular complexity index is 390. The second-order valence-corrected chi connectivity index (χ2v) is 5.25. The number of benzene rings is 1. The van der Waals surface area contributed by atoms with E-state index in [2.05, 4.69) is 42.4 Å². The minimum atomic E-state index is 0.346. The van der Waals surface area contributed by atoms with Gasteiger partial charge in [0.15, 0.2) is 0 Å². The maximum absolute atomic E-state index is 5.76. The molecule has 3 heteroatoms. The summed E-state index contributed by atoms with van der Waals surface area (Å²) in [6.07, 6.45) is 2.70. The second kappa shape index (κ2) is 6.92. The summed E-state index contributed by atoms with van der Waals surface area (Å²) in [6.45, 7) is 6.93. The van der Waals surface area contributed by atoms with Gasteiger partial charge in [-0.25, -0.2) is 0 Å². The molecule has 19 heavy (non-hydrogen) atoms. The highest BCUT2D eigenvalue weighted by atomic mass is 16.5. The van der Waals surface area contributed by atoms with Crippen molar-refractivity contribution in [2.75, 3.05) is 26.7 Å².